The minimum Gasteiger partial charge on any atom is -0.422 e. The van der Waals surface area contributed by atoms with Gasteiger partial charge in [0.25, 0.3) is 11.8 Å². The van der Waals surface area contributed by atoms with Gasteiger partial charge in [0.1, 0.15) is 16.1 Å². The van der Waals surface area contributed by atoms with Gasteiger partial charge in [-0.1, -0.05) is 25.1 Å². The van der Waals surface area contributed by atoms with E-state index in [1.807, 2.05) is 0 Å². The van der Waals surface area contributed by atoms with Crippen LogP contribution in [0.2, 0.25) is 0 Å². The number of hydrogen-bond donors (Lipinski definition) is 2. The zero-order chi connectivity index (χ0) is 24.0. The highest BCUT2D eigenvalue weighted by molar-refractivity contribution is 7.91. The number of para-hydroxylation sites is 1. The Morgan fingerprint density at radius 3 is 2.71 bits per heavy atom. The third-order valence-electron chi connectivity index (χ3n) is 6.42. The molecule has 1 fully saturated rings. The van der Waals surface area contributed by atoms with Gasteiger partial charge in [-0.25, -0.2) is 13.2 Å². The summed E-state index contributed by atoms with van der Waals surface area (Å²) >= 11 is 1.34. The van der Waals surface area contributed by atoms with Crippen molar-refractivity contribution >= 4 is 49.0 Å². The Morgan fingerprint density at radius 1 is 1.15 bits per heavy atom. The van der Waals surface area contributed by atoms with Crippen LogP contribution in [0.25, 0.3) is 11.0 Å². The van der Waals surface area contributed by atoms with Crippen LogP contribution in [0.5, 0.6) is 0 Å². The second-order valence-electron chi connectivity index (χ2n) is 9.07. The predicted octanol–water partition coefficient (Wildman–Crippen LogP) is 3.15. The maximum absolute atomic E-state index is 13.3. The van der Waals surface area contributed by atoms with Crippen LogP contribution in [0.1, 0.15) is 50.9 Å². The SMILES string of the molecule is C[C@H]1CCc2c(sc(NC(=O)c3cc4ccccc4oc3=O)c2C(=O)N[C@H]2CCS(=O)(=O)C2)C1. The van der Waals surface area contributed by atoms with Crippen LogP contribution >= 0.6 is 11.3 Å². The molecule has 1 aliphatic heterocycles. The molecule has 1 aliphatic carbocycles. The Bertz CT molecular complexity index is 1470. The number of nitrogens with one attached hydrogen (secondary N) is 2. The molecule has 0 spiro atoms. The number of anilines is 1. The molecule has 8 nitrogen and oxygen atoms in total. The number of carbonyl (C=O) groups is 2. The van der Waals surface area contributed by atoms with E-state index in [9.17, 15) is 22.8 Å². The number of benzene rings is 1. The molecule has 5 rings (SSSR count). The number of carbonyl (C=O) groups excluding carboxylic acids is 2. The highest BCUT2D eigenvalue weighted by atomic mass is 32.2. The van der Waals surface area contributed by atoms with E-state index < -0.39 is 33.3 Å². The molecule has 10 heteroatoms. The molecule has 178 valence electrons. The van der Waals surface area contributed by atoms with Crippen LogP contribution in [0, 0.1) is 5.92 Å². The van der Waals surface area contributed by atoms with Crippen molar-refractivity contribution in [3.63, 3.8) is 0 Å². The van der Waals surface area contributed by atoms with E-state index in [4.69, 9.17) is 4.42 Å². The number of hydrogen-bond acceptors (Lipinski definition) is 7. The molecule has 2 atom stereocenters. The first kappa shape index (κ1) is 22.8. The van der Waals surface area contributed by atoms with Crippen molar-refractivity contribution in [1.29, 1.82) is 0 Å². The van der Waals surface area contributed by atoms with Gasteiger partial charge in [0.15, 0.2) is 9.84 Å². The number of thiophene rings is 1. The van der Waals surface area contributed by atoms with Crippen LogP contribution in [0.4, 0.5) is 5.00 Å². The van der Waals surface area contributed by atoms with Gasteiger partial charge in [-0.05, 0) is 49.3 Å². The van der Waals surface area contributed by atoms with Gasteiger partial charge in [0, 0.05) is 16.3 Å². The maximum atomic E-state index is 13.3. The zero-order valence-corrected chi connectivity index (χ0v) is 20.2. The van der Waals surface area contributed by atoms with Crippen LogP contribution in [-0.2, 0) is 22.7 Å². The lowest BCUT2D eigenvalue weighted by molar-refractivity contribution is 0.0941. The van der Waals surface area contributed by atoms with Gasteiger partial charge in [0.2, 0.25) is 0 Å². The van der Waals surface area contributed by atoms with E-state index >= 15 is 0 Å². The van der Waals surface area contributed by atoms with E-state index in [-0.39, 0.29) is 17.1 Å². The Hall–Kier alpha value is -2.98. The van der Waals surface area contributed by atoms with E-state index in [0.717, 1.165) is 23.3 Å². The molecule has 34 heavy (non-hydrogen) atoms. The number of sulfone groups is 1. The highest BCUT2D eigenvalue weighted by Crippen LogP contribution is 2.40. The average Bonchev–Trinajstić information content (AvgIpc) is 3.31. The summed E-state index contributed by atoms with van der Waals surface area (Å²) in [5, 5.41) is 6.60. The molecular formula is C24H24N2O6S2. The van der Waals surface area contributed by atoms with Gasteiger partial charge < -0.3 is 15.1 Å². The number of amides is 2. The molecule has 1 saturated heterocycles. The fraction of sp³-hybridized carbons (Fsp3) is 0.375. The van der Waals surface area contributed by atoms with Crippen molar-refractivity contribution in [2.24, 2.45) is 5.92 Å². The smallest absolute Gasteiger partial charge is 0.349 e. The first-order chi connectivity index (χ1) is 16.2. The lowest BCUT2D eigenvalue weighted by Crippen LogP contribution is -2.36. The van der Waals surface area contributed by atoms with Crippen molar-refractivity contribution < 1.29 is 22.4 Å². The fourth-order valence-electron chi connectivity index (χ4n) is 4.64. The van der Waals surface area contributed by atoms with Crippen LogP contribution in [0.15, 0.2) is 39.5 Å². The van der Waals surface area contributed by atoms with Gasteiger partial charge >= 0.3 is 5.63 Å². The fourth-order valence-corrected chi connectivity index (χ4v) is 7.71. The minimum absolute atomic E-state index is 0.0541. The van der Waals surface area contributed by atoms with E-state index in [0.29, 0.717) is 40.3 Å². The highest BCUT2D eigenvalue weighted by Gasteiger charge is 2.33. The molecule has 1 aromatic carbocycles. The quantitative estimate of drug-likeness (QED) is 0.531. The van der Waals surface area contributed by atoms with Gasteiger partial charge in [-0.3, -0.25) is 9.59 Å². The van der Waals surface area contributed by atoms with Crippen molar-refractivity contribution in [1.82, 2.24) is 5.32 Å². The normalized spacial score (nSPS) is 21.2. The Labute approximate surface area is 200 Å². The molecule has 2 N–H and O–H groups in total. The molecule has 2 amide bonds. The summed E-state index contributed by atoms with van der Waals surface area (Å²) in [7, 11) is -3.15. The lowest BCUT2D eigenvalue weighted by Gasteiger charge is -2.19. The summed E-state index contributed by atoms with van der Waals surface area (Å²) < 4.78 is 28.9. The standard InChI is InChI=1S/C24H24N2O6S2/c1-13-6-7-16-19(10-13)33-23(20(16)22(28)25-15-8-9-34(30,31)12-15)26-21(27)17-11-14-4-2-3-5-18(14)32-24(17)29/h2-5,11,13,15H,6-10,12H2,1H3,(H,25,28)(H,26,27)/t13-,15-/m0/s1. The van der Waals surface area contributed by atoms with Crippen LogP contribution < -0.4 is 16.3 Å². The number of fused-ring (bicyclic) bond motifs is 2. The Morgan fingerprint density at radius 2 is 1.94 bits per heavy atom. The van der Waals surface area contributed by atoms with E-state index in [1.165, 1.54) is 17.4 Å². The Balaban J connectivity index is 1.47. The van der Waals surface area contributed by atoms with Crippen LogP contribution in [0.3, 0.4) is 0 Å². The van der Waals surface area contributed by atoms with Crippen molar-refractivity contribution in [3.8, 4) is 0 Å². The molecule has 0 radical (unpaired) electrons. The second kappa shape index (κ2) is 8.66. The zero-order valence-electron chi connectivity index (χ0n) is 18.6. The Kier molecular flexibility index (Phi) is 5.81. The third kappa shape index (κ3) is 4.39. The summed E-state index contributed by atoms with van der Waals surface area (Å²) in [5.74, 6) is -0.614. The largest absolute Gasteiger partial charge is 0.422 e. The molecule has 3 heterocycles. The summed E-state index contributed by atoms with van der Waals surface area (Å²) in [5.41, 5.74) is 0.744. The summed E-state index contributed by atoms with van der Waals surface area (Å²) in [4.78, 5) is 39.8. The van der Waals surface area contributed by atoms with Crippen molar-refractivity contribution in [2.75, 3.05) is 16.8 Å². The molecule has 0 saturated carbocycles. The minimum atomic E-state index is -3.15. The van der Waals surface area contributed by atoms with E-state index in [1.54, 1.807) is 24.3 Å². The molecule has 2 aromatic heterocycles. The molecule has 3 aromatic rings. The average molecular weight is 501 g/mol. The molecule has 0 bridgehead atoms. The monoisotopic (exact) mass is 500 g/mol. The van der Waals surface area contributed by atoms with Crippen molar-refractivity contribution in [2.45, 2.75) is 38.6 Å². The second-order valence-corrected chi connectivity index (χ2v) is 12.4. The predicted molar refractivity (Wildman–Crippen MR) is 130 cm³/mol. The molecule has 2 aliphatic rings. The summed E-state index contributed by atoms with van der Waals surface area (Å²) in [6.07, 6.45) is 2.79. The van der Waals surface area contributed by atoms with Crippen molar-refractivity contribution in [3.05, 3.63) is 62.3 Å². The van der Waals surface area contributed by atoms with Gasteiger partial charge in [-0.15, -0.1) is 11.3 Å². The van der Waals surface area contributed by atoms with Gasteiger partial charge in [-0.2, -0.15) is 0 Å². The number of rotatable bonds is 4. The first-order valence-corrected chi connectivity index (χ1v) is 13.8. The maximum Gasteiger partial charge on any atom is 0.349 e. The van der Waals surface area contributed by atoms with Crippen LogP contribution in [-0.4, -0.2) is 37.8 Å². The van der Waals surface area contributed by atoms with E-state index in [2.05, 4.69) is 17.6 Å². The topological polar surface area (TPSA) is 123 Å². The first-order valence-electron chi connectivity index (χ1n) is 11.2. The molecule has 0 unspecified atom stereocenters. The molecular weight excluding hydrogens is 476 g/mol. The lowest BCUT2D eigenvalue weighted by atomic mass is 9.88. The summed E-state index contributed by atoms with van der Waals surface area (Å²) in [6.45, 7) is 2.14. The summed E-state index contributed by atoms with van der Waals surface area (Å²) in [6, 6.07) is 7.95. The third-order valence-corrected chi connectivity index (χ3v) is 9.36. The van der Waals surface area contributed by atoms with Gasteiger partial charge in [0.05, 0.1) is 17.1 Å².